The molecule has 0 saturated heterocycles. The minimum atomic E-state index is -0.444. The lowest BCUT2D eigenvalue weighted by Gasteiger charge is -2.14. The van der Waals surface area contributed by atoms with E-state index in [4.69, 9.17) is 13.9 Å². The third kappa shape index (κ3) is 5.87. The number of ether oxygens (including phenoxy) is 2. The monoisotopic (exact) mass is 620 g/mol. The van der Waals surface area contributed by atoms with Crippen LogP contribution in [0.5, 0.6) is 11.5 Å². The summed E-state index contributed by atoms with van der Waals surface area (Å²) < 4.78 is 19.2. The predicted octanol–water partition coefficient (Wildman–Crippen LogP) is 7.85. The van der Waals surface area contributed by atoms with E-state index < -0.39 is 5.91 Å². The van der Waals surface area contributed by atoms with Gasteiger partial charge >= 0.3 is 5.91 Å². The Morgan fingerprint density at radius 3 is 2.57 bits per heavy atom. The Bertz CT molecular complexity index is 1630. The number of amides is 1. The SMILES string of the molecule is CCOc1cc(/C=N/NC(=O)c2cc3cc(Br)ccc3o2)c(Br)cc1OCc1ccc2ccccc2c1. The molecule has 5 aromatic rings. The highest BCUT2D eigenvalue weighted by Crippen LogP contribution is 2.34. The Hall–Kier alpha value is -3.62. The van der Waals surface area contributed by atoms with Crippen molar-refractivity contribution in [3.63, 3.8) is 0 Å². The van der Waals surface area contributed by atoms with Gasteiger partial charge in [-0.25, -0.2) is 5.43 Å². The lowest BCUT2D eigenvalue weighted by atomic mass is 10.1. The highest BCUT2D eigenvalue weighted by atomic mass is 79.9. The lowest BCUT2D eigenvalue weighted by Crippen LogP contribution is -2.16. The summed E-state index contributed by atoms with van der Waals surface area (Å²) in [7, 11) is 0. The molecule has 1 heterocycles. The number of nitrogens with one attached hydrogen (secondary N) is 1. The zero-order valence-electron chi connectivity index (χ0n) is 19.8. The molecule has 1 aromatic heterocycles. The summed E-state index contributed by atoms with van der Waals surface area (Å²) in [5, 5.41) is 7.28. The van der Waals surface area contributed by atoms with Crippen molar-refractivity contribution in [2.24, 2.45) is 5.10 Å². The largest absolute Gasteiger partial charge is 0.490 e. The van der Waals surface area contributed by atoms with E-state index in [9.17, 15) is 4.79 Å². The van der Waals surface area contributed by atoms with E-state index in [1.165, 1.54) is 17.0 Å². The first-order chi connectivity index (χ1) is 18.0. The van der Waals surface area contributed by atoms with Gasteiger partial charge in [0.25, 0.3) is 0 Å². The standard InChI is InChI=1S/C29H22Br2N2O4/c1-2-35-26-14-22(16-32-33-29(34)28-13-21-12-23(30)9-10-25(21)37-28)24(31)15-27(26)36-17-18-7-8-19-5-3-4-6-20(19)11-18/h3-16H,2,17H2,1H3,(H,33,34)/b32-16+. The van der Waals surface area contributed by atoms with Crippen molar-refractivity contribution in [1.29, 1.82) is 0 Å². The number of carbonyl (C=O) groups excluding carboxylic acids is 1. The van der Waals surface area contributed by atoms with Gasteiger partial charge in [-0.15, -0.1) is 0 Å². The van der Waals surface area contributed by atoms with E-state index >= 15 is 0 Å². The van der Waals surface area contributed by atoms with E-state index in [1.807, 2.05) is 43.3 Å². The second kappa shape index (κ2) is 11.2. The summed E-state index contributed by atoms with van der Waals surface area (Å²) in [4.78, 5) is 12.5. The molecule has 0 spiro atoms. The zero-order valence-corrected chi connectivity index (χ0v) is 23.0. The number of furan rings is 1. The number of benzene rings is 4. The van der Waals surface area contributed by atoms with Crippen molar-refractivity contribution in [1.82, 2.24) is 5.43 Å². The Balaban J connectivity index is 1.29. The molecule has 37 heavy (non-hydrogen) atoms. The quantitative estimate of drug-likeness (QED) is 0.141. The van der Waals surface area contributed by atoms with Crippen LogP contribution in [-0.4, -0.2) is 18.7 Å². The Kier molecular flexibility index (Phi) is 7.58. The molecule has 186 valence electrons. The van der Waals surface area contributed by atoms with Crippen molar-refractivity contribution in [3.8, 4) is 11.5 Å². The molecule has 0 aliphatic heterocycles. The van der Waals surface area contributed by atoms with Crippen LogP contribution in [0, 0.1) is 0 Å². The molecule has 0 saturated carbocycles. The van der Waals surface area contributed by atoms with Crippen LogP contribution in [0.3, 0.4) is 0 Å². The van der Waals surface area contributed by atoms with Gasteiger partial charge in [0.15, 0.2) is 17.3 Å². The Labute approximate surface area is 230 Å². The van der Waals surface area contributed by atoms with Crippen LogP contribution in [0.2, 0.25) is 0 Å². The second-order valence-corrected chi connectivity index (χ2v) is 9.99. The molecule has 1 amide bonds. The normalized spacial score (nSPS) is 11.3. The molecular weight excluding hydrogens is 600 g/mol. The molecule has 6 nitrogen and oxygen atoms in total. The molecule has 0 atom stereocenters. The molecule has 5 rings (SSSR count). The van der Waals surface area contributed by atoms with E-state index in [0.29, 0.717) is 30.3 Å². The minimum Gasteiger partial charge on any atom is -0.490 e. The van der Waals surface area contributed by atoms with Crippen molar-refractivity contribution < 1.29 is 18.7 Å². The third-order valence-electron chi connectivity index (χ3n) is 5.64. The van der Waals surface area contributed by atoms with Crippen LogP contribution >= 0.6 is 31.9 Å². The molecule has 4 aromatic carbocycles. The summed E-state index contributed by atoms with van der Waals surface area (Å²) >= 11 is 6.99. The van der Waals surface area contributed by atoms with Gasteiger partial charge in [-0.05, 0) is 81.7 Å². The second-order valence-electron chi connectivity index (χ2n) is 8.22. The number of fused-ring (bicyclic) bond motifs is 2. The summed E-state index contributed by atoms with van der Waals surface area (Å²) in [6.07, 6.45) is 1.54. The molecule has 0 aliphatic rings. The predicted molar refractivity (Wildman–Crippen MR) is 153 cm³/mol. The fourth-order valence-corrected chi connectivity index (χ4v) is 4.67. The summed E-state index contributed by atoms with van der Waals surface area (Å²) in [6.45, 7) is 2.79. The van der Waals surface area contributed by atoms with E-state index in [0.717, 1.165) is 25.5 Å². The van der Waals surface area contributed by atoms with Crippen LogP contribution < -0.4 is 14.9 Å². The first-order valence-corrected chi connectivity index (χ1v) is 13.2. The van der Waals surface area contributed by atoms with Gasteiger partial charge in [0, 0.05) is 19.9 Å². The number of hydrogen-bond donors (Lipinski definition) is 1. The molecule has 0 bridgehead atoms. The zero-order chi connectivity index (χ0) is 25.8. The first kappa shape index (κ1) is 25.0. The number of hydrazone groups is 1. The fourth-order valence-electron chi connectivity index (χ4n) is 3.86. The number of nitrogens with zero attached hydrogens (tertiary/aromatic N) is 1. The first-order valence-electron chi connectivity index (χ1n) is 11.6. The van der Waals surface area contributed by atoms with Gasteiger partial charge in [0.2, 0.25) is 0 Å². The van der Waals surface area contributed by atoms with Crippen molar-refractivity contribution in [2.45, 2.75) is 13.5 Å². The molecular formula is C29H22Br2N2O4. The molecule has 1 N–H and O–H groups in total. The van der Waals surface area contributed by atoms with Crippen LogP contribution in [0.4, 0.5) is 0 Å². The van der Waals surface area contributed by atoms with E-state index in [2.05, 4.69) is 72.7 Å². The van der Waals surface area contributed by atoms with Gasteiger partial charge < -0.3 is 13.9 Å². The third-order valence-corrected chi connectivity index (χ3v) is 6.82. The number of halogens is 2. The highest BCUT2D eigenvalue weighted by Gasteiger charge is 2.13. The number of carbonyl (C=O) groups is 1. The minimum absolute atomic E-state index is 0.178. The van der Waals surface area contributed by atoms with Crippen LogP contribution in [0.15, 0.2) is 97.3 Å². The molecule has 0 aliphatic carbocycles. The lowest BCUT2D eigenvalue weighted by molar-refractivity contribution is 0.0929. The molecule has 0 fully saturated rings. The molecule has 0 unspecified atom stereocenters. The summed E-state index contributed by atoms with van der Waals surface area (Å²) in [6, 6.07) is 25.4. The summed E-state index contributed by atoms with van der Waals surface area (Å²) in [5.41, 5.74) is 4.91. The fraction of sp³-hybridized carbons (Fsp3) is 0.103. The Morgan fingerprint density at radius 2 is 1.73 bits per heavy atom. The van der Waals surface area contributed by atoms with E-state index in [-0.39, 0.29) is 5.76 Å². The maximum Gasteiger partial charge on any atom is 0.307 e. The number of rotatable bonds is 8. The smallest absolute Gasteiger partial charge is 0.307 e. The van der Waals surface area contributed by atoms with Crippen LogP contribution in [0.25, 0.3) is 21.7 Å². The van der Waals surface area contributed by atoms with Gasteiger partial charge in [0.05, 0.1) is 12.8 Å². The van der Waals surface area contributed by atoms with Crippen LogP contribution in [-0.2, 0) is 6.61 Å². The van der Waals surface area contributed by atoms with Gasteiger partial charge in [-0.2, -0.15) is 5.10 Å². The topological polar surface area (TPSA) is 73.1 Å². The van der Waals surface area contributed by atoms with E-state index in [1.54, 1.807) is 12.1 Å². The molecule has 8 heteroatoms. The average molecular weight is 622 g/mol. The van der Waals surface area contributed by atoms with Crippen molar-refractivity contribution in [2.75, 3.05) is 6.61 Å². The van der Waals surface area contributed by atoms with Crippen LogP contribution in [0.1, 0.15) is 28.6 Å². The summed E-state index contributed by atoms with van der Waals surface area (Å²) in [5.74, 6) is 0.926. The maximum absolute atomic E-state index is 12.5. The van der Waals surface area contributed by atoms with Gasteiger partial charge in [0.1, 0.15) is 12.2 Å². The number of hydrogen-bond acceptors (Lipinski definition) is 5. The van der Waals surface area contributed by atoms with Gasteiger partial charge in [-0.3, -0.25) is 4.79 Å². The van der Waals surface area contributed by atoms with Gasteiger partial charge in [-0.1, -0.05) is 52.3 Å². The van der Waals surface area contributed by atoms with Crippen molar-refractivity contribution >= 4 is 65.7 Å². The molecule has 0 radical (unpaired) electrons. The maximum atomic E-state index is 12.5. The average Bonchev–Trinajstić information content (AvgIpc) is 3.33. The Morgan fingerprint density at radius 1 is 0.919 bits per heavy atom. The van der Waals surface area contributed by atoms with Crippen molar-refractivity contribution in [3.05, 3.63) is 105 Å². The highest BCUT2D eigenvalue weighted by molar-refractivity contribution is 9.10.